The van der Waals surface area contributed by atoms with E-state index < -0.39 is 0 Å². The molecule has 12 bridgehead atoms. The minimum absolute atomic E-state index is 0.851. The Balaban J connectivity index is 1.22. The average Bonchev–Trinajstić information content (AvgIpc) is 3.41. The van der Waals surface area contributed by atoms with Crippen LogP contribution in [0.5, 0.6) is 0 Å². The van der Waals surface area contributed by atoms with Crippen molar-refractivity contribution in [1.29, 1.82) is 0 Å². The lowest BCUT2D eigenvalue weighted by Gasteiger charge is -2.04. The van der Waals surface area contributed by atoms with Crippen LogP contribution >= 0.6 is 11.3 Å². The first-order valence-corrected chi connectivity index (χ1v) is 14.2. The maximum atomic E-state index is 2.31. The number of pyridine rings is 4. The molecule has 0 atom stereocenters. The predicted octanol–water partition coefficient (Wildman–Crippen LogP) is 4.74. The monoisotopic (exact) mass is 526 g/mol. The van der Waals surface area contributed by atoms with E-state index in [9.17, 15) is 0 Å². The molecule has 0 spiro atoms. The Hall–Kier alpha value is -4.48. The van der Waals surface area contributed by atoms with Gasteiger partial charge < -0.3 is 0 Å². The van der Waals surface area contributed by atoms with Crippen molar-refractivity contribution in [2.45, 2.75) is 26.2 Å². The molecule has 5 aromatic heterocycles. The molecule has 0 N–H and O–H groups in total. The van der Waals surface area contributed by atoms with Gasteiger partial charge in [-0.05, 0) is 40.5 Å². The van der Waals surface area contributed by atoms with E-state index >= 15 is 0 Å². The van der Waals surface area contributed by atoms with Crippen molar-refractivity contribution >= 4 is 11.3 Å². The first-order chi connectivity index (χ1) is 19.2. The molecule has 6 aromatic rings. The summed E-state index contributed by atoms with van der Waals surface area (Å²) in [6.07, 6.45) is 17.4. The normalized spacial score (nSPS) is 12.7. The Morgan fingerprint density at radius 2 is 0.718 bits per heavy atom. The van der Waals surface area contributed by atoms with Crippen molar-refractivity contribution in [2.24, 2.45) is 0 Å². The molecule has 0 unspecified atom stereocenters. The number of benzene rings is 1. The van der Waals surface area contributed by atoms with E-state index in [1.807, 2.05) is 11.3 Å². The fraction of sp³-hybridized carbons (Fsp3) is 0.118. The number of hydrogen-bond acceptors (Lipinski definition) is 1. The molecule has 0 amide bonds. The van der Waals surface area contributed by atoms with Crippen molar-refractivity contribution in [3.63, 3.8) is 0 Å². The molecular formula is C34H30N4S+4. The van der Waals surface area contributed by atoms with Gasteiger partial charge in [0.1, 0.15) is 0 Å². The molecule has 0 saturated carbocycles. The fourth-order valence-electron chi connectivity index (χ4n) is 5.22. The lowest BCUT2D eigenvalue weighted by atomic mass is 10.1. The summed E-state index contributed by atoms with van der Waals surface area (Å²) in [5.74, 6) is 0. The second kappa shape index (κ2) is 10.4. The first kappa shape index (κ1) is 23.6. The van der Waals surface area contributed by atoms with Gasteiger partial charge in [-0.25, -0.2) is 9.13 Å². The summed E-state index contributed by atoms with van der Waals surface area (Å²) < 4.78 is 9.00. The van der Waals surface area contributed by atoms with Crippen molar-refractivity contribution in [2.75, 3.05) is 0 Å². The standard InChI is InChI=1S/C34H30N4S/c1-2-27-22-28(3-1)24-36-16-8-30(9-17-36)32-12-20-38(21-13-32)26-34-5-4-33(39-34)25-37-18-10-31(11-19-37)29-6-14-35(23-27)15-7-29/h1-22H,23-26H2/q+4. The molecule has 0 fully saturated rings. The van der Waals surface area contributed by atoms with Crippen LogP contribution in [0.2, 0.25) is 0 Å². The van der Waals surface area contributed by atoms with Gasteiger partial charge in [0.15, 0.2) is 75.8 Å². The van der Waals surface area contributed by atoms with Crippen LogP contribution in [0.15, 0.2) is 135 Å². The maximum Gasteiger partial charge on any atom is 0.182 e. The van der Waals surface area contributed by atoms with Crippen molar-refractivity contribution in [3.05, 3.63) is 155 Å². The van der Waals surface area contributed by atoms with E-state index in [1.165, 1.54) is 43.1 Å². The zero-order valence-electron chi connectivity index (χ0n) is 21.7. The van der Waals surface area contributed by atoms with Gasteiger partial charge in [-0.1, -0.05) is 18.2 Å². The number of rotatable bonds is 0. The molecule has 4 nitrogen and oxygen atoms in total. The maximum absolute atomic E-state index is 2.31. The molecule has 5 heteroatoms. The van der Waals surface area contributed by atoms with Gasteiger partial charge in [0, 0.05) is 59.7 Å². The molecule has 39 heavy (non-hydrogen) atoms. The van der Waals surface area contributed by atoms with Gasteiger partial charge >= 0.3 is 0 Å². The lowest BCUT2D eigenvalue weighted by Crippen LogP contribution is -2.34. The highest BCUT2D eigenvalue weighted by Crippen LogP contribution is 2.19. The third kappa shape index (κ3) is 5.40. The minimum atomic E-state index is 0.851. The molecule has 1 aromatic carbocycles. The third-order valence-corrected chi connectivity index (χ3v) is 8.40. The highest BCUT2D eigenvalue weighted by atomic mass is 32.1. The molecule has 13 rings (SSSR count). The Morgan fingerprint density at radius 3 is 1.08 bits per heavy atom. The topological polar surface area (TPSA) is 15.5 Å². The van der Waals surface area contributed by atoms with Crippen molar-refractivity contribution in [3.8, 4) is 22.3 Å². The fourth-order valence-corrected chi connectivity index (χ4v) is 6.26. The van der Waals surface area contributed by atoms with Gasteiger partial charge in [-0.2, -0.15) is 9.13 Å². The van der Waals surface area contributed by atoms with Gasteiger partial charge in [-0.3, -0.25) is 0 Å². The average molecular weight is 527 g/mol. The summed E-state index contributed by atoms with van der Waals surface area (Å²) in [6, 6.07) is 31.1. The Labute approximate surface area is 233 Å². The van der Waals surface area contributed by atoms with Crippen LogP contribution in [0.1, 0.15) is 20.9 Å². The Morgan fingerprint density at radius 1 is 0.385 bits per heavy atom. The van der Waals surface area contributed by atoms with Gasteiger partial charge in [-0.15, -0.1) is 11.3 Å². The number of nitrogens with zero attached hydrogens (tertiary/aromatic N) is 4. The molecule has 0 radical (unpaired) electrons. The lowest BCUT2D eigenvalue weighted by molar-refractivity contribution is -0.689. The zero-order valence-corrected chi connectivity index (χ0v) is 22.5. The van der Waals surface area contributed by atoms with Crippen LogP contribution in [-0.2, 0) is 26.2 Å². The SMILES string of the molecule is c1cc2cc(c1)C[n+]1ccc(cc1)-c1cc[n+](cc1)Cc1ccc(s1)C[n+]1ccc(cc1)-c1cc[n+](cc1)C2. The molecule has 12 heterocycles. The molecule has 7 aliphatic rings. The summed E-state index contributed by atoms with van der Waals surface area (Å²) in [4.78, 5) is 2.73. The van der Waals surface area contributed by atoms with E-state index in [-0.39, 0.29) is 0 Å². The molecule has 0 saturated heterocycles. The Kier molecular flexibility index (Phi) is 6.27. The van der Waals surface area contributed by atoms with Crippen molar-refractivity contribution in [1.82, 2.24) is 0 Å². The van der Waals surface area contributed by atoms with Crippen LogP contribution in [-0.4, -0.2) is 0 Å². The highest BCUT2D eigenvalue weighted by Gasteiger charge is 2.13. The molecule has 7 aliphatic heterocycles. The summed E-state index contributed by atoms with van der Waals surface area (Å²) >= 11 is 1.89. The number of thiophene rings is 1. The summed E-state index contributed by atoms with van der Waals surface area (Å²) in [7, 11) is 0. The number of hydrogen-bond donors (Lipinski definition) is 0. The van der Waals surface area contributed by atoms with Gasteiger partial charge in [0.25, 0.3) is 0 Å². The Bertz CT molecular complexity index is 1590. The number of aromatic nitrogens is 4. The van der Waals surface area contributed by atoms with E-state index in [2.05, 4.69) is 153 Å². The van der Waals surface area contributed by atoms with Crippen molar-refractivity contribution < 1.29 is 18.3 Å². The van der Waals surface area contributed by atoms with Crippen LogP contribution in [0, 0.1) is 0 Å². The largest absolute Gasteiger partial charge is 0.201 e. The van der Waals surface area contributed by atoms with Crippen LogP contribution < -0.4 is 18.3 Å². The zero-order chi connectivity index (χ0) is 26.0. The summed E-state index contributed by atoms with van der Waals surface area (Å²) in [5.41, 5.74) is 7.54. The molecular weight excluding hydrogens is 496 g/mol. The quantitative estimate of drug-likeness (QED) is 0.254. The van der Waals surface area contributed by atoms with Crippen LogP contribution in [0.3, 0.4) is 0 Å². The van der Waals surface area contributed by atoms with E-state index in [4.69, 9.17) is 0 Å². The predicted molar refractivity (Wildman–Crippen MR) is 152 cm³/mol. The van der Waals surface area contributed by atoms with Crippen LogP contribution in [0.4, 0.5) is 0 Å². The summed E-state index contributed by atoms with van der Waals surface area (Å²) in [6.45, 7) is 3.47. The highest BCUT2D eigenvalue weighted by molar-refractivity contribution is 7.11. The van der Waals surface area contributed by atoms with E-state index in [1.54, 1.807) is 0 Å². The van der Waals surface area contributed by atoms with Crippen LogP contribution in [0.25, 0.3) is 22.3 Å². The van der Waals surface area contributed by atoms with E-state index in [0.717, 1.165) is 26.2 Å². The summed E-state index contributed by atoms with van der Waals surface area (Å²) in [5, 5.41) is 0. The molecule has 188 valence electrons. The van der Waals surface area contributed by atoms with Gasteiger partial charge in [0.05, 0.1) is 9.75 Å². The minimum Gasteiger partial charge on any atom is -0.201 e. The second-order valence-electron chi connectivity index (χ2n) is 10.2. The third-order valence-electron chi connectivity index (χ3n) is 7.35. The smallest absolute Gasteiger partial charge is 0.182 e. The van der Waals surface area contributed by atoms with Gasteiger partial charge in [0.2, 0.25) is 0 Å². The second-order valence-corrected chi connectivity index (χ2v) is 11.5. The first-order valence-electron chi connectivity index (χ1n) is 13.4. The van der Waals surface area contributed by atoms with E-state index in [0.29, 0.717) is 0 Å². The molecule has 0 aliphatic carbocycles.